The summed E-state index contributed by atoms with van der Waals surface area (Å²) in [5, 5.41) is 7.24. The molecule has 0 saturated carbocycles. The molecule has 0 aliphatic carbocycles. The highest BCUT2D eigenvalue weighted by atomic mass is 16.5. The molecule has 3 aromatic rings. The van der Waals surface area contributed by atoms with Crippen molar-refractivity contribution in [1.29, 1.82) is 0 Å². The number of amides is 1. The van der Waals surface area contributed by atoms with E-state index in [0.717, 1.165) is 50.9 Å². The number of likely N-dealkylation sites (tertiary alicyclic amines) is 1. The summed E-state index contributed by atoms with van der Waals surface area (Å²) in [5.41, 5.74) is 4.77. The lowest BCUT2D eigenvalue weighted by Crippen LogP contribution is -2.40. The van der Waals surface area contributed by atoms with Crippen LogP contribution in [0.4, 0.5) is 0 Å². The van der Waals surface area contributed by atoms with E-state index in [9.17, 15) is 4.79 Å². The van der Waals surface area contributed by atoms with Crippen LogP contribution in [0, 0.1) is 19.8 Å². The minimum Gasteiger partial charge on any atom is -0.356 e. The molecule has 0 spiro atoms. The van der Waals surface area contributed by atoms with Crippen molar-refractivity contribution in [3.05, 3.63) is 71.1 Å². The average Bonchev–Trinajstić information content (AvgIpc) is 3.27. The first-order valence-corrected chi connectivity index (χ1v) is 11.5. The van der Waals surface area contributed by atoms with Gasteiger partial charge in [-0.25, -0.2) is 0 Å². The van der Waals surface area contributed by atoms with Crippen molar-refractivity contribution in [2.75, 3.05) is 19.6 Å². The molecule has 4 rings (SSSR count). The molecule has 1 saturated heterocycles. The normalized spacial score (nSPS) is 15.1. The first-order chi connectivity index (χ1) is 15.6. The number of nitrogens with zero attached hydrogens (tertiary/aromatic N) is 3. The Hall–Kier alpha value is -2.99. The predicted molar refractivity (Wildman–Crippen MR) is 125 cm³/mol. The molecule has 1 aliphatic heterocycles. The van der Waals surface area contributed by atoms with Gasteiger partial charge in [-0.3, -0.25) is 9.69 Å². The summed E-state index contributed by atoms with van der Waals surface area (Å²) in [6.45, 7) is 7.24. The Morgan fingerprint density at radius 3 is 2.38 bits per heavy atom. The molecule has 2 aromatic carbocycles. The van der Waals surface area contributed by atoms with Crippen LogP contribution in [0.25, 0.3) is 11.4 Å². The van der Waals surface area contributed by atoms with E-state index in [1.807, 2.05) is 24.3 Å². The monoisotopic (exact) mass is 432 g/mol. The summed E-state index contributed by atoms with van der Waals surface area (Å²) in [4.78, 5) is 19.4. The molecule has 2 heterocycles. The van der Waals surface area contributed by atoms with Gasteiger partial charge >= 0.3 is 0 Å². The number of aromatic nitrogens is 2. The highest BCUT2D eigenvalue weighted by Crippen LogP contribution is 2.21. The molecule has 6 nitrogen and oxygen atoms in total. The van der Waals surface area contributed by atoms with Crippen molar-refractivity contribution < 1.29 is 9.32 Å². The smallest absolute Gasteiger partial charge is 0.241 e. The lowest BCUT2D eigenvalue weighted by molar-refractivity contribution is -0.126. The molecule has 1 aromatic heterocycles. The zero-order valence-electron chi connectivity index (χ0n) is 19.0. The molecule has 0 atom stereocenters. The molecule has 32 heavy (non-hydrogen) atoms. The Labute approximate surface area is 190 Å². The highest BCUT2D eigenvalue weighted by Gasteiger charge is 2.25. The van der Waals surface area contributed by atoms with Gasteiger partial charge in [-0.2, -0.15) is 4.98 Å². The Kier molecular flexibility index (Phi) is 7.32. The van der Waals surface area contributed by atoms with E-state index in [-0.39, 0.29) is 11.8 Å². The topological polar surface area (TPSA) is 71.3 Å². The third kappa shape index (κ3) is 6.04. The number of aryl methyl sites for hydroxylation is 3. The van der Waals surface area contributed by atoms with Crippen molar-refractivity contribution in [3.63, 3.8) is 0 Å². The molecule has 6 heteroatoms. The first kappa shape index (κ1) is 22.2. The van der Waals surface area contributed by atoms with E-state index < -0.39 is 0 Å². The summed E-state index contributed by atoms with van der Waals surface area (Å²) in [6.07, 6.45) is 3.69. The van der Waals surface area contributed by atoms with Gasteiger partial charge in [-0.1, -0.05) is 64.8 Å². The van der Waals surface area contributed by atoms with Crippen molar-refractivity contribution in [3.8, 4) is 11.4 Å². The maximum absolute atomic E-state index is 12.5. The van der Waals surface area contributed by atoms with Crippen molar-refractivity contribution in [1.82, 2.24) is 20.4 Å². The number of rotatable bonds is 8. The summed E-state index contributed by atoms with van der Waals surface area (Å²) < 4.78 is 5.45. The van der Waals surface area contributed by atoms with Gasteiger partial charge in [0.05, 0.1) is 6.54 Å². The second kappa shape index (κ2) is 10.6. The zero-order chi connectivity index (χ0) is 22.3. The molecule has 1 amide bonds. The van der Waals surface area contributed by atoms with E-state index in [0.29, 0.717) is 18.3 Å². The predicted octanol–water partition coefficient (Wildman–Crippen LogP) is 4.31. The molecule has 0 radical (unpaired) electrons. The van der Waals surface area contributed by atoms with Gasteiger partial charge in [-0.15, -0.1) is 0 Å². The second-order valence-corrected chi connectivity index (χ2v) is 8.81. The number of hydrogen-bond donors (Lipinski definition) is 1. The van der Waals surface area contributed by atoms with Crippen molar-refractivity contribution in [2.45, 2.75) is 46.1 Å². The summed E-state index contributed by atoms with van der Waals surface area (Å²) >= 11 is 0. The Bertz CT molecular complexity index is 1000. The minimum absolute atomic E-state index is 0.0939. The maximum Gasteiger partial charge on any atom is 0.241 e. The van der Waals surface area contributed by atoms with Gasteiger partial charge in [0.1, 0.15) is 0 Å². The number of benzene rings is 2. The molecule has 168 valence electrons. The molecular weight excluding hydrogens is 400 g/mol. The molecule has 1 aliphatic rings. The van der Waals surface area contributed by atoms with Gasteiger partial charge in [0.2, 0.25) is 17.6 Å². The third-order valence-corrected chi connectivity index (χ3v) is 6.16. The van der Waals surface area contributed by atoms with E-state index in [1.165, 1.54) is 16.7 Å². The molecule has 0 bridgehead atoms. The van der Waals surface area contributed by atoms with E-state index in [2.05, 4.69) is 58.5 Å². The zero-order valence-corrected chi connectivity index (χ0v) is 19.0. The van der Waals surface area contributed by atoms with Gasteiger partial charge in [0.15, 0.2) is 0 Å². The van der Waals surface area contributed by atoms with Crippen LogP contribution in [0.3, 0.4) is 0 Å². The van der Waals surface area contributed by atoms with Crippen LogP contribution in [0.1, 0.15) is 41.8 Å². The van der Waals surface area contributed by atoms with Crippen LogP contribution < -0.4 is 5.32 Å². The van der Waals surface area contributed by atoms with Gasteiger partial charge < -0.3 is 9.84 Å². The molecule has 0 unspecified atom stereocenters. The lowest BCUT2D eigenvalue weighted by atomic mass is 9.96. The van der Waals surface area contributed by atoms with E-state index in [4.69, 9.17) is 4.52 Å². The number of nitrogens with one attached hydrogen (secondary N) is 1. The fraction of sp³-hybridized carbons (Fsp3) is 0.423. The Morgan fingerprint density at radius 2 is 1.69 bits per heavy atom. The van der Waals surface area contributed by atoms with Gasteiger partial charge in [-0.05, 0) is 58.2 Å². The van der Waals surface area contributed by atoms with Crippen molar-refractivity contribution in [2.24, 2.45) is 5.92 Å². The highest BCUT2D eigenvalue weighted by molar-refractivity contribution is 5.78. The molecule has 1 fully saturated rings. The van der Waals surface area contributed by atoms with Crippen LogP contribution in [-0.2, 0) is 17.8 Å². The SMILES string of the molecule is Cc1ccc(CCCNC(=O)C2CCN(Cc3nc(-c4ccc(C)cc4)no3)CC2)cc1. The van der Waals surface area contributed by atoms with Gasteiger partial charge in [0.25, 0.3) is 0 Å². The van der Waals surface area contributed by atoms with E-state index >= 15 is 0 Å². The quantitative estimate of drug-likeness (QED) is 0.537. The molecular formula is C26H32N4O2. The van der Waals surface area contributed by atoms with Crippen LogP contribution in [0.15, 0.2) is 53.1 Å². The number of hydrogen-bond acceptors (Lipinski definition) is 5. The minimum atomic E-state index is 0.0939. The van der Waals surface area contributed by atoms with E-state index in [1.54, 1.807) is 0 Å². The number of carbonyl (C=O) groups is 1. The summed E-state index contributed by atoms with van der Waals surface area (Å²) in [5.74, 6) is 1.53. The largest absolute Gasteiger partial charge is 0.356 e. The summed E-state index contributed by atoms with van der Waals surface area (Å²) in [7, 11) is 0. The third-order valence-electron chi connectivity index (χ3n) is 6.16. The fourth-order valence-corrected chi connectivity index (χ4v) is 4.09. The van der Waals surface area contributed by atoms with Crippen LogP contribution in [-0.4, -0.2) is 40.6 Å². The second-order valence-electron chi connectivity index (χ2n) is 8.81. The van der Waals surface area contributed by atoms with Gasteiger partial charge in [0, 0.05) is 18.0 Å². The van der Waals surface area contributed by atoms with Crippen molar-refractivity contribution >= 4 is 5.91 Å². The summed E-state index contributed by atoms with van der Waals surface area (Å²) in [6, 6.07) is 16.7. The Balaban J connectivity index is 1.17. The average molecular weight is 433 g/mol. The standard InChI is InChI=1S/C26H32N4O2/c1-19-5-9-21(10-6-19)4-3-15-27-26(31)23-13-16-30(17-14-23)18-24-28-25(29-32-24)22-11-7-20(2)8-12-22/h5-12,23H,3-4,13-18H2,1-2H3,(H,27,31). The first-order valence-electron chi connectivity index (χ1n) is 11.5. The van der Waals surface area contributed by atoms with Crippen LogP contribution >= 0.6 is 0 Å². The number of piperidine rings is 1. The lowest BCUT2D eigenvalue weighted by Gasteiger charge is -2.30. The van der Waals surface area contributed by atoms with Crippen LogP contribution in [0.5, 0.6) is 0 Å². The van der Waals surface area contributed by atoms with Crippen LogP contribution in [0.2, 0.25) is 0 Å². The fourth-order valence-electron chi connectivity index (χ4n) is 4.09. The molecule has 1 N–H and O–H groups in total. The Morgan fingerprint density at radius 1 is 1.03 bits per heavy atom. The maximum atomic E-state index is 12.5. The number of carbonyl (C=O) groups excluding carboxylic acids is 1.